The van der Waals surface area contributed by atoms with Gasteiger partial charge < -0.3 is 9.73 Å². The van der Waals surface area contributed by atoms with Gasteiger partial charge in [0.2, 0.25) is 5.91 Å². The number of aromatic nitrogens is 1. The third-order valence-electron chi connectivity index (χ3n) is 5.50. The Balaban J connectivity index is 1.28. The van der Waals surface area contributed by atoms with Gasteiger partial charge in [-0.15, -0.1) is 11.3 Å². The quantitative estimate of drug-likeness (QED) is 0.395. The molecule has 0 fully saturated rings. The molecule has 0 bridgehead atoms. The second-order valence-electron chi connectivity index (χ2n) is 7.45. The molecule has 0 spiro atoms. The molecule has 31 heavy (non-hydrogen) atoms. The van der Waals surface area contributed by atoms with Crippen molar-refractivity contribution in [1.82, 2.24) is 4.98 Å². The predicted octanol–water partition coefficient (Wildman–Crippen LogP) is 5.76. The van der Waals surface area contributed by atoms with E-state index in [4.69, 9.17) is 4.42 Å². The Kier molecular flexibility index (Phi) is 5.49. The molecule has 1 aliphatic carbocycles. The third-order valence-corrected chi connectivity index (χ3v) is 7.50. The van der Waals surface area contributed by atoms with E-state index >= 15 is 0 Å². The number of carbonyl (C=O) groups excluding carboxylic acids is 1. The van der Waals surface area contributed by atoms with Gasteiger partial charge in [-0.25, -0.2) is 4.98 Å². The number of oxazole rings is 1. The first-order chi connectivity index (χ1) is 15.2. The Morgan fingerprint density at radius 3 is 2.84 bits per heavy atom. The summed E-state index contributed by atoms with van der Waals surface area (Å²) in [4.78, 5) is 18.2. The Morgan fingerprint density at radius 1 is 1.23 bits per heavy atom. The fraction of sp³-hybridized carbons (Fsp3) is 0.208. The summed E-state index contributed by atoms with van der Waals surface area (Å²) in [6.45, 7) is 0. The Labute approximate surface area is 188 Å². The molecule has 2 heterocycles. The van der Waals surface area contributed by atoms with Crippen molar-refractivity contribution in [2.75, 3.05) is 11.1 Å². The second-order valence-corrected chi connectivity index (χ2v) is 9.49. The van der Waals surface area contributed by atoms with Crippen LogP contribution >= 0.6 is 23.1 Å². The maximum atomic E-state index is 12.6. The van der Waals surface area contributed by atoms with Gasteiger partial charge in [-0.05, 0) is 48.4 Å². The highest BCUT2D eigenvalue weighted by molar-refractivity contribution is 7.99. The van der Waals surface area contributed by atoms with Gasteiger partial charge in [0.1, 0.15) is 16.6 Å². The van der Waals surface area contributed by atoms with Gasteiger partial charge in [0.15, 0.2) is 5.58 Å². The molecule has 154 valence electrons. The normalized spacial score (nSPS) is 15.4. The van der Waals surface area contributed by atoms with Crippen LogP contribution in [0, 0.1) is 11.3 Å². The van der Waals surface area contributed by atoms with Crippen molar-refractivity contribution >= 4 is 45.1 Å². The monoisotopic (exact) mass is 445 g/mol. The van der Waals surface area contributed by atoms with Crippen LogP contribution in [0.25, 0.3) is 11.1 Å². The highest BCUT2D eigenvalue weighted by atomic mass is 32.2. The molecule has 5 nitrogen and oxygen atoms in total. The topological polar surface area (TPSA) is 78.9 Å². The van der Waals surface area contributed by atoms with Gasteiger partial charge in [0.05, 0.1) is 11.3 Å². The number of nitrogens with zero attached hydrogens (tertiary/aromatic N) is 2. The van der Waals surface area contributed by atoms with Crippen LogP contribution in [0.4, 0.5) is 5.00 Å². The predicted molar refractivity (Wildman–Crippen MR) is 124 cm³/mol. The van der Waals surface area contributed by atoms with Crippen molar-refractivity contribution in [2.24, 2.45) is 0 Å². The lowest BCUT2D eigenvalue weighted by Crippen LogP contribution is -2.14. The van der Waals surface area contributed by atoms with Gasteiger partial charge in [-0.1, -0.05) is 54.2 Å². The molecular weight excluding hydrogens is 426 g/mol. The number of hydrogen-bond donors (Lipinski definition) is 1. The van der Waals surface area contributed by atoms with E-state index in [1.807, 2.05) is 30.3 Å². The smallest absolute Gasteiger partial charge is 0.257 e. The van der Waals surface area contributed by atoms with Crippen LogP contribution < -0.4 is 5.32 Å². The lowest BCUT2D eigenvalue weighted by Gasteiger charge is -2.22. The van der Waals surface area contributed by atoms with Crippen LogP contribution in [0.2, 0.25) is 0 Å². The Morgan fingerprint density at radius 2 is 2.03 bits per heavy atom. The largest absolute Gasteiger partial charge is 0.431 e. The molecule has 1 atom stereocenters. The van der Waals surface area contributed by atoms with Crippen LogP contribution in [-0.4, -0.2) is 16.6 Å². The van der Waals surface area contributed by atoms with Gasteiger partial charge >= 0.3 is 0 Å². The number of para-hydroxylation sites is 2. The highest BCUT2D eigenvalue weighted by Gasteiger charge is 2.27. The zero-order chi connectivity index (χ0) is 21.2. The first-order valence-electron chi connectivity index (χ1n) is 10.1. The summed E-state index contributed by atoms with van der Waals surface area (Å²) in [6.07, 6.45) is 2.79. The van der Waals surface area contributed by atoms with E-state index in [9.17, 15) is 10.1 Å². The van der Waals surface area contributed by atoms with E-state index in [1.54, 1.807) is 0 Å². The van der Waals surface area contributed by atoms with Crippen molar-refractivity contribution in [3.05, 3.63) is 76.2 Å². The van der Waals surface area contributed by atoms with Crippen LogP contribution in [0.3, 0.4) is 0 Å². The number of amides is 1. The summed E-state index contributed by atoms with van der Waals surface area (Å²) in [5.41, 5.74) is 4.53. The first-order valence-corrected chi connectivity index (χ1v) is 11.9. The molecule has 7 heteroatoms. The minimum Gasteiger partial charge on any atom is -0.431 e. The molecule has 0 aliphatic heterocycles. The van der Waals surface area contributed by atoms with Crippen molar-refractivity contribution < 1.29 is 9.21 Å². The molecule has 1 N–H and O–H groups in total. The molecule has 0 unspecified atom stereocenters. The van der Waals surface area contributed by atoms with Gasteiger partial charge in [0.25, 0.3) is 5.22 Å². The van der Waals surface area contributed by atoms with Crippen molar-refractivity contribution in [1.29, 1.82) is 5.26 Å². The zero-order valence-corrected chi connectivity index (χ0v) is 18.3. The number of carbonyl (C=O) groups is 1. The molecule has 1 amide bonds. The fourth-order valence-electron chi connectivity index (χ4n) is 4.00. The van der Waals surface area contributed by atoms with Crippen LogP contribution in [0.5, 0.6) is 0 Å². The fourth-order valence-corrected chi connectivity index (χ4v) is 5.94. The SMILES string of the molecule is N#Cc1c(NC(=O)CSc2nc3ccccc3o2)sc2c1CC[C@H](c1ccccc1)C2. The van der Waals surface area contributed by atoms with E-state index in [0.29, 0.717) is 27.3 Å². The van der Waals surface area contributed by atoms with Crippen LogP contribution in [-0.2, 0) is 17.6 Å². The maximum Gasteiger partial charge on any atom is 0.257 e. The number of hydrogen-bond acceptors (Lipinski definition) is 6. The van der Waals surface area contributed by atoms with Crippen molar-refractivity contribution in [3.63, 3.8) is 0 Å². The lowest BCUT2D eigenvalue weighted by atomic mass is 9.83. The number of anilines is 1. The highest BCUT2D eigenvalue weighted by Crippen LogP contribution is 2.42. The van der Waals surface area contributed by atoms with E-state index in [1.165, 1.54) is 33.5 Å². The average molecular weight is 446 g/mol. The molecule has 0 saturated heterocycles. The molecule has 0 saturated carbocycles. The molecule has 2 aromatic carbocycles. The number of nitrogens with one attached hydrogen (secondary N) is 1. The van der Waals surface area contributed by atoms with Gasteiger partial charge in [-0.3, -0.25) is 4.79 Å². The minimum atomic E-state index is -0.165. The summed E-state index contributed by atoms with van der Waals surface area (Å²) in [5, 5.41) is 13.8. The van der Waals surface area contributed by atoms with Gasteiger partial charge in [-0.2, -0.15) is 5.26 Å². The number of thiophene rings is 1. The standard InChI is InChI=1S/C24H19N3O2S2/c25-13-18-17-11-10-16(15-6-2-1-3-7-15)12-21(17)31-23(18)27-22(28)14-30-24-26-19-8-4-5-9-20(19)29-24/h1-9,16H,10-12,14H2,(H,27,28)/t16-/m0/s1. The maximum absolute atomic E-state index is 12.6. The second kappa shape index (κ2) is 8.58. The lowest BCUT2D eigenvalue weighted by molar-refractivity contribution is -0.113. The summed E-state index contributed by atoms with van der Waals surface area (Å²) in [7, 11) is 0. The number of rotatable bonds is 5. The van der Waals surface area contributed by atoms with Crippen molar-refractivity contribution in [3.8, 4) is 6.07 Å². The van der Waals surface area contributed by atoms with Gasteiger partial charge in [0, 0.05) is 4.88 Å². The molecule has 1 aliphatic rings. The van der Waals surface area contributed by atoms with Crippen LogP contribution in [0.1, 0.15) is 33.9 Å². The number of benzene rings is 2. The summed E-state index contributed by atoms with van der Waals surface area (Å²) in [5.74, 6) is 0.464. The summed E-state index contributed by atoms with van der Waals surface area (Å²) >= 11 is 2.79. The molecule has 0 radical (unpaired) electrons. The minimum absolute atomic E-state index is 0.165. The van der Waals surface area contributed by atoms with Crippen molar-refractivity contribution in [2.45, 2.75) is 30.4 Å². The Bertz CT molecular complexity index is 1250. The van der Waals surface area contributed by atoms with Crippen LogP contribution in [0.15, 0.2) is 64.2 Å². The third kappa shape index (κ3) is 4.09. The van der Waals surface area contributed by atoms with E-state index in [-0.39, 0.29) is 11.7 Å². The first kappa shape index (κ1) is 19.9. The number of fused-ring (bicyclic) bond motifs is 2. The van der Waals surface area contributed by atoms with E-state index < -0.39 is 0 Å². The molecule has 2 aromatic heterocycles. The number of thioether (sulfide) groups is 1. The summed E-state index contributed by atoms with van der Waals surface area (Å²) in [6, 6.07) is 20.3. The number of nitriles is 1. The molecule has 4 aromatic rings. The Hall–Kier alpha value is -3.08. The van der Waals surface area contributed by atoms with E-state index in [2.05, 4.69) is 40.6 Å². The molecule has 5 rings (SSSR count). The summed E-state index contributed by atoms with van der Waals surface area (Å²) < 4.78 is 5.66. The zero-order valence-electron chi connectivity index (χ0n) is 16.6. The average Bonchev–Trinajstić information content (AvgIpc) is 3.38. The van der Waals surface area contributed by atoms with E-state index in [0.717, 1.165) is 30.3 Å². The molecular formula is C24H19N3O2S2.